The van der Waals surface area contributed by atoms with Gasteiger partial charge in [-0.1, -0.05) is 18.2 Å². The summed E-state index contributed by atoms with van der Waals surface area (Å²) in [5, 5.41) is 15.3. The number of likely N-dealkylation sites (tertiary alicyclic amines) is 1. The number of nitrogen functional groups attached to an aromatic ring is 1. The molecule has 1 aliphatic heterocycles. The third-order valence-corrected chi connectivity index (χ3v) is 7.68. The molecular formula is C24H33N5O3S. The molecule has 2 aromatic carbocycles. The fraction of sp³-hybridized carbons (Fsp3) is 0.417. The van der Waals surface area contributed by atoms with E-state index in [1.807, 2.05) is 35.2 Å². The van der Waals surface area contributed by atoms with Crippen molar-refractivity contribution >= 4 is 27.4 Å². The highest BCUT2D eigenvalue weighted by atomic mass is 32.2. The van der Waals surface area contributed by atoms with Crippen molar-refractivity contribution in [3.63, 3.8) is 0 Å². The third-order valence-electron chi connectivity index (χ3n) is 5.89. The second-order valence-corrected chi connectivity index (χ2v) is 10.4. The van der Waals surface area contributed by atoms with Gasteiger partial charge in [-0.05, 0) is 56.2 Å². The third kappa shape index (κ3) is 6.47. The molecule has 33 heavy (non-hydrogen) atoms. The maximum Gasteiger partial charge on any atom is 0.234 e. The van der Waals surface area contributed by atoms with E-state index in [2.05, 4.69) is 0 Å². The summed E-state index contributed by atoms with van der Waals surface area (Å²) in [6.45, 7) is 5.35. The van der Waals surface area contributed by atoms with Crippen molar-refractivity contribution in [1.29, 1.82) is 10.8 Å². The highest BCUT2D eigenvalue weighted by molar-refractivity contribution is 7.92. The molecule has 0 aliphatic carbocycles. The number of hydrogen-bond acceptors (Lipinski definition) is 5. The van der Waals surface area contributed by atoms with Crippen LogP contribution in [0, 0.1) is 10.8 Å². The number of hydrogen-bond donors (Lipinski definition) is 3. The van der Waals surface area contributed by atoms with E-state index >= 15 is 0 Å². The first-order chi connectivity index (χ1) is 15.7. The lowest BCUT2D eigenvalue weighted by Crippen LogP contribution is -2.40. The number of ether oxygens (including phenoxy) is 1. The van der Waals surface area contributed by atoms with Crippen LogP contribution in [-0.2, 0) is 16.4 Å². The van der Waals surface area contributed by atoms with Crippen LogP contribution in [0.1, 0.15) is 37.8 Å². The lowest BCUT2D eigenvalue weighted by molar-refractivity contribution is 0.130. The Hall–Kier alpha value is -3.07. The Morgan fingerprint density at radius 1 is 1.15 bits per heavy atom. The maximum absolute atomic E-state index is 12.8. The molecule has 0 atom stereocenters. The van der Waals surface area contributed by atoms with E-state index in [0.29, 0.717) is 35.8 Å². The van der Waals surface area contributed by atoms with Crippen molar-refractivity contribution in [3.8, 4) is 5.75 Å². The van der Waals surface area contributed by atoms with E-state index in [4.69, 9.17) is 21.3 Å². The Morgan fingerprint density at radius 3 is 2.39 bits per heavy atom. The largest absolute Gasteiger partial charge is 0.490 e. The topological polar surface area (TPSA) is 124 Å². The number of piperidine rings is 1. The Morgan fingerprint density at radius 2 is 1.82 bits per heavy atom. The summed E-state index contributed by atoms with van der Waals surface area (Å²) in [5.41, 5.74) is 7.72. The zero-order chi connectivity index (χ0) is 24.0. The van der Waals surface area contributed by atoms with Crippen LogP contribution >= 0.6 is 0 Å². The molecule has 1 saturated heterocycles. The molecule has 0 radical (unpaired) electrons. The molecule has 4 N–H and O–H groups in total. The molecule has 0 spiro atoms. The number of rotatable bonds is 9. The number of nitrogens with one attached hydrogen (secondary N) is 2. The maximum atomic E-state index is 12.8. The first-order valence-corrected chi connectivity index (χ1v) is 12.8. The number of sulfonamides is 1. The molecule has 0 bridgehead atoms. The summed E-state index contributed by atoms with van der Waals surface area (Å²) in [6.07, 6.45) is 2.31. The van der Waals surface area contributed by atoms with E-state index < -0.39 is 10.0 Å². The number of anilines is 1. The van der Waals surface area contributed by atoms with Crippen LogP contribution in [0.4, 0.5) is 5.69 Å². The van der Waals surface area contributed by atoms with Crippen LogP contribution in [0.5, 0.6) is 5.75 Å². The molecule has 1 aliphatic rings. The average Bonchev–Trinajstić information content (AvgIpc) is 2.80. The molecule has 1 heterocycles. The summed E-state index contributed by atoms with van der Waals surface area (Å²) in [6, 6.07) is 14.5. The average molecular weight is 472 g/mol. The number of nitrogens with two attached hydrogens (primary N) is 1. The second-order valence-electron chi connectivity index (χ2n) is 8.22. The minimum atomic E-state index is -3.46. The van der Waals surface area contributed by atoms with Gasteiger partial charge in [0.05, 0.1) is 17.3 Å². The predicted octanol–water partition coefficient (Wildman–Crippen LogP) is 3.21. The molecule has 3 rings (SSSR count). The Balaban J connectivity index is 1.68. The molecule has 2 aromatic rings. The van der Waals surface area contributed by atoms with E-state index in [1.165, 1.54) is 4.31 Å². The van der Waals surface area contributed by atoms with Crippen molar-refractivity contribution in [2.75, 3.05) is 29.7 Å². The molecule has 0 aromatic heterocycles. The fourth-order valence-electron chi connectivity index (χ4n) is 3.90. The Bertz CT molecular complexity index is 1080. The van der Waals surface area contributed by atoms with E-state index in [1.54, 1.807) is 32.0 Å². The standard InChI is InChI=1S/C24H33N5O3S/c1-3-33(30,31)29(16-11-19-5-4-6-20(17-19)24(26)27)21-7-9-22(10-8-21)32-23-12-14-28(15-13-23)18(2)25/h4-10,17,23,25H,3,11-16H2,1-2H3,(H3,26,27). The zero-order valence-corrected chi connectivity index (χ0v) is 20.1. The van der Waals surface area contributed by atoms with Crippen molar-refractivity contribution in [1.82, 2.24) is 4.90 Å². The highest BCUT2D eigenvalue weighted by Crippen LogP contribution is 2.25. The SMILES string of the molecule is CCS(=O)(=O)N(CCc1cccc(C(=N)N)c1)c1ccc(OC2CCN(C(C)=N)CC2)cc1. The summed E-state index contributed by atoms with van der Waals surface area (Å²) < 4.78 is 33.1. The van der Waals surface area contributed by atoms with Crippen molar-refractivity contribution < 1.29 is 13.2 Å². The van der Waals surface area contributed by atoms with Gasteiger partial charge in [0.2, 0.25) is 10.0 Å². The lowest BCUT2D eigenvalue weighted by atomic mass is 10.1. The quantitative estimate of drug-likeness (QED) is 0.383. The van der Waals surface area contributed by atoms with Crippen LogP contribution in [0.2, 0.25) is 0 Å². The minimum Gasteiger partial charge on any atom is -0.490 e. The zero-order valence-electron chi connectivity index (χ0n) is 19.3. The monoisotopic (exact) mass is 471 g/mol. The number of nitrogens with zero attached hydrogens (tertiary/aromatic N) is 2. The number of benzene rings is 2. The smallest absolute Gasteiger partial charge is 0.234 e. The fourth-order valence-corrected chi connectivity index (χ4v) is 5.03. The Labute approximate surface area is 196 Å². The van der Waals surface area contributed by atoms with Gasteiger partial charge in [0, 0.05) is 38.0 Å². The van der Waals surface area contributed by atoms with Gasteiger partial charge in [0.15, 0.2) is 0 Å². The summed E-state index contributed by atoms with van der Waals surface area (Å²) in [4.78, 5) is 2.04. The summed E-state index contributed by atoms with van der Waals surface area (Å²) in [7, 11) is -3.46. The minimum absolute atomic E-state index is 0.00372. The van der Waals surface area contributed by atoms with E-state index in [9.17, 15) is 8.42 Å². The molecule has 0 amide bonds. The molecule has 9 heteroatoms. The number of amidine groups is 2. The van der Waals surface area contributed by atoms with Gasteiger partial charge in [0.1, 0.15) is 17.7 Å². The lowest BCUT2D eigenvalue weighted by Gasteiger charge is -2.33. The first kappa shape index (κ1) is 24.6. The van der Waals surface area contributed by atoms with E-state index in [-0.39, 0.29) is 17.7 Å². The van der Waals surface area contributed by atoms with Gasteiger partial charge in [0.25, 0.3) is 0 Å². The molecule has 8 nitrogen and oxygen atoms in total. The molecule has 1 fully saturated rings. The van der Waals surface area contributed by atoms with Crippen LogP contribution in [0.3, 0.4) is 0 Å². The van der Waals surface area contributed by atoms with Gasteiger partial charge < -0.3 is 15.4 Å². The van der Waals surface area contributed by atoms with Crippen molar-refractivity contribution in [2.24, 2.45) is 5.73 Å². The second kappa shape index (κ2) is 10.7. The van der Waals surface area contributed by atoms with Gasteiger partial charge in [-0.3, -0.25) is 15.1 Å². The van der Waals surface area contributed by atoms with Gasteiger partial charge in [-0.15, -0.1) is 0 Å². The predicted molar refractivity (Wildman–Crippen MR) is 133 cm³/mol. The van der Waals surface area contributed by atoms with Crippen molar-refractivity contribution in [3.05, 3.63) is 59.7 Å². The Kier molecular flexibility index (Phi) is 7.97. The molecular weight excluding hydrogens is 438 g/mol. The summed E-state index contributed by atoms with van der Waals surface area (Å²) in [5.74, 6) is 1.29. The van der Waals surface area contributed by atoms with E-state index in [0.717, 1.165) is 31.5 Å². The molecule has 0 saturated carbocycles. The molecule has 0 unspecified atom stereocenters. The highest BCUT2D eigenvalue weighted by Gasteiger charge is 2.22. The van der Waals surface area contributed by atoms with Crippen molar-refractivity contribution in [2.45, 2.75) is 39.2 Å². The summed E-state index contributed by atoms with van der Waals surface area (Å²) >= 11 is 0. The van der Waals surface area contributed by atoms with Gasteiger partial charge in [-0.2, -0.15) is 0 Å². The van der Waals surface area contributed by atoms with Crippen LogP contribution < -0.4 is 14.8 Å². The van der Waals surface area contributed by atoms with Crippen LogP contribution in [0.25, 0.3) is 0 Å². The van der Waals surface area contributed by atoms with Gasteiger partial charge >= 0.3 is 0 Å². The van der Waals surface area contributed by atoms with Gasteiger partial charge in [-0.25, -0.2) is 8.42 Å². The van der Waals surface area contributed by atoms with Crippen LogP contribution in [0.15, 0.2) is 48.5 Å². The first-order valence-electron chi connectivity index (χ1n) is 11.2. The normalized spacial score (nSPS) is 14.7. The van der Waals surface area contributed by atoms with Crippen LogP contribution in [-0.4, -0.2) is 56.5 Å². The molecule has 178 valence electrons.